The molecule has 2 aromatic carbocycles. The third-order valence-electron chi connectivity index (χ3n) is 4.60. The van der Waals surface area contributed by atoms with Crippen molar-refractivity contribution in [2.75, 3.05) is 19.0 Å². The lowest BCUT2D eigenvalue weighted by molar-refractivity contribution is -0.146. The van der Waals surface area contributed by atoms with Crippen LogP contribution in [0, 0.1) is 0 Å². The molecule has 3 rings (SSSR count). The van der Waals surface area contributed by atoms with Crippen molar-refractivity contribution in [3.63, 3.8) is 0 Å². The van der Waals surface area contributed by atoms with Crippen molar-refractivity contribution in [3.8, 4) is 5.75 Å². The number of carbonyl (C=O) groups excluding carboxylic acids is 2. The van der Waals surface area contributed by atoms with Gasteiger partial charge in [0.25, 0.3) is 11.7 Å². The van der Waals surface area contributed by atoms with E-state index in [-0.39, 0.29) is 5.57 Å². The zero-order valence-corrected chi connectivity index (χ0v) is 17.4. The maximum Gasteiger partial charge on any atom is 0.323 e. The fraction of sp³-hybridized carbons (Fsp3) is 0.190. The molecule has 7 nitrogen and oxygen atoms in total. The lowest BCUT2D eigenvalue weighted by Gasteiger charge is -2.24. The van der Waals surface area contributed by atoms with Crippen molar-refractivity contribution in [2.45, 2.75) is 13.0 Å². The standard InChI is InChI=1S/C21H19BrN2O5/c1-12(23-15-7-9-16(29-2)10-8-15)18-19(13-3-5-14(22)6-4-13)24(11-17(25)26)21(28)20(18)27/h3-10,19,23H,11H2,1-2H3,(H,25,26)/b18-12-/t19-/m1/s1. The number of rotatable bonds is 6. The summed E-state index contributed by atoms with van der Waals surface area (Å²) in [5.41, 5.74) is 2.07. The van der Waals surface area contributed by atoms with E-state index in [2.05, 4.69) is 21.2 Å². The van der Waals surface area contributed by atoms with E-state index in [4.69, 9.17) is 4.74 Å². The fourth-order valence-electron chi connectivity index (χ4n) is 3.28. The van der Waals surface area contributed by atoms with Gasteiger partial charge in [-0.1, -0.05) is 28.1 Å². The van der Waals surface area contributed by atoms with Crippen molar-refractivity contribution >= 4 is 39.3 Å². The lowest BCUT2D eigenvalue weighted by Crippen LogP contribution is -2.34. The first-order valence-corrected chi connectivity index (χ1v) is 9.55. The number of carboxylic acid groups (broad SMARTS) is 1. The van der Waals surface area contributed by atoms with Gasteiger partial charge in [-0.3, -0.25) is 14.4 Å². The number of carboxylic acids is 1. The third-order valence-corrected chi connectivity index (χ3v) is 5.13. The highest BCUT2D eigenvalue weighted by Crippen LogP contribution is 2.38. The van der Waals surface area contributed by atoms with Gasteiger partial charge in [0.15, 0.2) is 0 Å². The number of halogens is 1. The number of hydrogen-bond donors (Lipinski definition) is 2. The maximum atomic E-state index is 12.8. The molecule has 1 amide bonds. The molecule has 1 heterocycles. The quantitative estimate of drug-likeness (QED) is 0.508. The second-order valence-electron chi connectivity index (χ2n) is 6.50. The van der Waals surface area contributed by atoms with Crippen LogP contribution in [0.3, 0.4) is 0 Å². The Morgan fingerprint density at radius 1 is 1.14 bits per heavy atom. The number of carbonyl (C=O) groups is 3. The summed E-state index contributed by atoms with van der Waals surface area (Å²) in [6, 6.07) is 13.4. The third kappa shape index (κ3) is 4.32. The highest BCUT2D eigenvalue weighted by molar-refractivity contribution is 9.10. The number of likely N-dealkylation sites (tertiary alicyclic amines) is 1. The topological polar surface area (TPSA) is 95.9 Å². The Hall–Kier alpha value is -3.13. The second-order valence-corrected chi connectivity index (χ2v) is 7.42. The van der Waals surface area contributed by atoms with Crippen LogP contribution in [0.15, 0.2) is 64.3 Å². The van der Waals surface area contributed by atoms with Crippen LogP contribution >= 0.6 is 15.9 Å². The monoisotopic (exact) mass is 458 g/mol. The summed E-state index contributed by atoms with van der Waals surface area (Å²) in [4.78, 5) is 37.7. The Balaban J connectivity index is 2.05. The Morgan fingerprint density at radius 3 is 2.31 bits per heavy atom. The first-order valence-electron chi connectivity index (χ1n) is 8.76. The number of methoxy groups -OCH3 is 1. The van der Waals surface area contributed by atoms with Crippen molar-refractivity contribution in [3.05, 3.63) is 69.8 Å². The molecule has 0 spiro atoms. The van der Waals surface area contributed by atoms with Gasteiger partial charge in [-0.05, 0) is 48.9 Å². The Labute approximate surface area is 176 Å². The minimum Gasteiger partial charge on any atom is -0.497 e. The molecule has 1 atom stereocenters. The molecule has 2 aromatic rings. The lowest BCUT2D eigenvalue weighted by atomic mass is 9.97. The number of anilines is 1. The van der Waals surface area contributed by atoms with E-state index < -0.39 is 30.2 Å². The molecule has 1 fully saturated rings. The molecule has 2 N–H and O–H groups in total. The number of hydrogen-bond acceptors (Lipinski definition) is 5. The normalized spacial score (nSPS) is 18.0. The van der Waals surface area contributed by atoms with Gasteiger partial charge in [-0.2, -0.15) is 0 Å². The molecule has 1 aliphatic rings. The SMILES string of the molecule is COc1ccc(N/C(C)=C2\C(=O)C(=O)N(CC(=O)O)[C@@H]2c2ccc(Br)cc2)cc1. The molecule has 0 aliphatic carbocycles. The number of nitrogens with one attached hydrogen (secondary N) is 1. The second kappa shape index (κ2) is 8.48. The Morgan fingerprint density at radius 2 is 1.76 bits per heavy atom. The van der Waals surface area contributed by atoms with Gasteiger partial charge in [-0.25, -0.2) is 0 Å². The van der Waals surface area contributed by atoms with E-state index in [0.29, 0.717) is 22.7 Å². The van der Waals surface area contributed by atoms with Gasteiger partial charge < -0.3 is 20.1 Å². The van der Waals surface area contributed by atoms with Crippen LogP contribution in [0.1, 0.15) is 18.5 Å². The molecule has 0 radical (unpaired) electrons. The number of aliphatic carboxylic acids is 1. The van der Waals surface area contributed by atoms with E-state index in [9.17, 15) is 19.5 Å². The van der Waals surface area contributed by atoms with Crippen LogP contribution in [0.25, 0.3) is 0 Å². The van der Waals surface area contributed by atoms with Crippen LogP contribution in [-0.4, -0.2) is 41.3 Å². The summed E-state index contributed by atoms with van der Waals surface area (Å²) < 4.78 is 5.97. The predicted molar refractivity (Wildman–Crippen MR) is 111 cm³/mol. The molecule has 150 valence electrons. The number of ketones is 1. The van der Waals surface area contributed by atoms with Gasteiger partial charge in [0.2, 0.25) is 0 Å². The number of amides is 1. The van der Waals surface area contributed by atoms with Gasteiger partial charge >= 0.3 is 5.97 Å². The summed E-state index contributed by atoms with van der Waals surface area (Å²) in [7, 11) is 1.57. The van der Waals surface area contributed by atoms with Crippen LogP contribution < -0.4 is 10.1 Å². The number of Topliss-reactive ketones (excluding diaryl/α,β-unsaturated/α-hetero) is 1. The van der Waals surface area contributed by atoms with Crippen LogP contribution in [0.2, 0.25) is 0 Å². The zero-order chi connectivity index (χ0) is 21.1. The van der Waals surface area contributed by atoms with Crippen LogP contribution in [0.4, 0.5) is 5.69 Å². The number of nitrogens with zero attached hydrogens (tertiary/aromatic N) is 1. The molecule has 0 bridgehead atoms. The minimum atomic E-state index is -1.18. The minimum absolute atomic E-state index is 0.231. The van der Waals surface area contributed by atoms with Gasteiger partial charge in [0.05, 0.1) is 18.7 Å². The molecule has 29 heavy (non-hydrogen) atoms. The molecule has 8 heteroatoms. The van der Waals surface area contributed by atoms with E-state index in [1.807, 2.05) is 0 Å². The highest BCUT2D eigenvalue weighted by atomic mass is 79.9. The van der Waals surface area contributed by atoms with Gasteiger partial charge in [0, 0.05) is 15.9 Å². The summed E-state index contributed by atoms with van der Waals surface area (Å²) in [5.74, 6) is -2.03. The molecule has 1 saturated heterocycles. The molecular weight excluding hydrogens is 440 g/mol. The average Bonchev–Trinajstić information content (AvgIpc) is 2.94. The highest BCUT2D eigenvalue weighted by Gasteiger charge is 2.45. The van der Waals surface area contributed by atoms with Crippen molar-refractivity contribution in [1.29, 1.82) is 0 Å². The summed E-state index contributed by atoms with van der Waals surface area (Å²) in [6.07, 6.45) is 0. The first kappa shape index (κ1) is 20.6. The number of benzene rings is 2. The number of ether oxygens (including phenoxy) is 1. The predicted octanol–water partition coefficient (Wildman–Crippen LogP) is 3.38. The number of allylic oxidation sites excluding steroid dienone is 1. The summed E-state index contributed by atoms with van der Waals surface area (Å²) in [6.45, 7) is 1.13. The zero-order valence-electron chi connectivity index (χ0n) is 15.8. The molecule has 0 saturated carbocycles. The van der Waals surface area contributed by atoms with Crippen LogP contribution in [0.5, 0.6) is 5.75 Å². The Bertz CT molecular complexity index is 983. The molecule has 0 aromatic heterocycles. The molecule has 0 unspecified atom stereocenters. The largest absolute Gasteiger partial charge is 0.497 e. The maximum absolute atomic E-state index is 12.8. The first-order chi connectivity index (χ1) is 13.8. The van der Waals surface area contributed by atoms with E-state index in [0.717, 1.165) is 9.37 Å². The van der Waals surface area contributed by atoms with E-state index >= 15 is 0 Å². The summed E-state index contributed by atoms with van der Waals surface area (Å²) in [5, 5.41) is 12.4. The summed E-state index contributed by atoms with van der Waals surface area (Å²) >= 11 is 3.36. The van der Waals surface area contributed by atoms with Crippen molar-refractivity contribution in [2.24, 2.45) is 0 Å². The van der Waals surface area contributed by atoms with Crippen molar-refractivity contribution < 1.29 is 24.2 Å². The van der Waals surface area contributed by atoms with E-state index in [1.54, 1.807) is 62.6 Å². The van der Waals surface area contributed by atoms with E-state index in [1.165, 1.54) is 0 Å². The Kier molecular flexibility index (Phi) is 6.03. The average molecular weight is 459 g/mol. The van der Waals surface area contributed by atoms with Crippen LogP contribution in [-0.2, 0) is 14.4 Å². The molecule has 1 aliphatic heterocycles. The van der Waals surface area contributed by atoms with Crippen molar-refractivity contribution in [1.82, 2.24) is 4.90 Å². The smallest absolute Gasteiger partial charge is 0.323 e. The molecular formula is C21H19BrN2O5. The van der Waals surface area contributed by atoms with Gasteiger partial charge in [0.1, 0.15) is 12.3 Å². The fourth-order valence-corrected chi connectivity index (χ4v) is 3.54. The van der Waals surface area contributed by atoms with Gasteiger partial charge in [-0.15, -0.1) is 0 Å².